The van der Waals surface area contributed by atoms with Crippen LogP contribution in [0.15, 0.2) is 24.3 Å². The molecule has 7 heteroatoms. The third-order valence-corrected chi connectivity index (χ3v) is 2.82. The van der Waals surface area contributed by atoms with Gasteiger partial charge in [0, 0.05) is 5.69 Å². The fourth-order valence-electron chi connectivity index (χ4n) is 1.29. The van der Waals surface area contributed by atoms with Crippen LogP contribution in [0.25, 0.3) is 0 Å². The first kappa shape index (κ1) is 14.5. The molecule has 4 N–H and O–H groups in total. The van der Waals surface area contributed by atoms with Crippen molar-refractivity contribution in [2.45, 2.75) is 19.4 Å². The molecule has 6 nitrogen and oxygen atoms in total. The number of amides is 1. The maximum absolute atomic E-state index is 11.6. The molecule has 100 valence electrons. The van der Waals surface area contributed by atoms with Crippen molar-refractivity contribution in [3.8, 4) is 0 Å². The Hall–Kier alpha value is -1.60. The van der Waals surface area contributed by atoms with Gasteiger partial charge in [0.05, 0.1) is 18.0 Å². The summed E-state index contributed by atoms with van der Waals surface area (Å²) in [5.74, 6) is -0.297. The number of carbonyl (C=O) groups excluding carboxylic acids is 1. The predicted molar refractivity (Wildman–Crippen MR) is 71.8 cm³/mol. The van der Waals surface area contributed by atoms with Gasteiger partial charge >= 0.3 is 0 Å². The lowest BCUT2D eigenvalue weighted by atomic mass is 10.2. The lowest BCUT2D eigenvalue weighted by Gasteiger charge is -2.11. The molecule has 1 aromatic rings. The first-order valence-electron chi connectivity index (χ1n) is 5.46. The zero-order valence-corrected chi connectivity index (χ0v) is 11.1. The van der Waals surface area contributed by atoms with E-state index in [2.05, 4.69) is 10.0 Å². The molecule has 0 fully saturated rings. The molecule has 1 atom stereocenters. The van der Waals surface area contributed by atoms with E-state index in [-0.39, 0.29) is 5.91 Å². The number of hydrogen-bond donors (Lipinski definition) is 3. The molecule has 0 saturated carbocycles. The van der Waals surface area contributed by atoms with Crippen molar-refractivity contribution >= 4 is 27.3 Å². The summed E-state index contributed by atoms with van der Waals surface area (Å²) < 4.78 is 24.5. The maximum atomic E-state index is 11.6. The topological polar surface area (TPSA) is 101 Å². The molecule has 0 saturated heterocycles. The second-order valence-corrected chi connectivity index (χ2v) is 5.71. The molecule has 0 aliphatic rings. The van der Waals surface area contributed by atoms with Gasteiger partial charge in [0.15, 0.2) is 0 Å². The number of anilines is 2. The smallest absolute Gasteiger partial charge is 0.241 e. The molecule has 1 aromatic carbocycles. The van der Waals surface area contributed by atoms with E-state index < -0.39 is 16.1 Å². The van der Waals surface area contributed by atoms with E-state index in [1.165, 1.54) is 6.07 Å². The van der Waals surface area contributed by atoms with Crippen LogP contribution in [0.5, 0.6) is 0 Å². The molecule has 0 radical (unpaired) electrons. The Morgan fingerprint density at radius 1 is 1.39 bits per heavy atom. The molecular weight excluding hydrogens is 254 g/mol. The first-order valence-corrected chi connectivity index (χ1v) is 7.35. The van der Waals surface area contributed by atoms with E-state index in [1.807, 2.05) is 6.92 Å². The van der Waals surface area contributed by atoms with Gasteiger partial charge in [0.25, 0.3) is 0 Å². The number of hydrogen-bond acceptors (Lipinski definition) is 4. The van der Waals surface area contributed by atoms with Gasteiger partial charge in [-0.1, -0.05) is 13.0 Å². The van der Waals surface area contributed by atoms with Crippen molar-refractivity contribution in [1.82, 2.24) is 0 Å². The first-order chi connectivity index (χ1) is 8.31. The third-order valence-electron chi connectivity index (χ3n) is 2.21. The van der Waals surface area contributed by atoms with Crippen LogP contribution in [-0.2, 0) is 14.8 Å². The van der Waals surface area contributed by atoms with Crippen LogP contribution in [0, 0.1) is 0 Å². The Bertz CT molecular complexity index is 528. The van der Waals surface area contributed by atoms with Crippen molar-refractivity contribution < 1.29 is 13.2 Å². The molecule has 0 aromatic heterocycles. The number of rotatable bonds is 5. The summed E-state index contributed by atoms with van der Waals surface area (Å²) in [5.41, 5.74) is 6.47. The van der Waals surface area contributed by atoms with Gasteiger partial charge in [-0.25, -0.2) is 8.42 Å². The Morgan fingerprint density at radius 3 is 2.56 bits per heavy atom. The molecule has 0 heterocycles. The van der Waals surface area contributed by atoms with E-state index in [1.54, 1.807) is 18.2 Å². The van der Waals surface area contributed by atoms with Crippen molar-refractivity contribution in [3.05, 3.63) is 24.3 Å². The highest BCUT2D eigenvalue weighted by Crippen LogP contribution is 2.16. The van der Waals surface area contributed by atoms with Gasteiger partial charge in [0.2, 0.25) is 15.9 Å². The van der Waals surface area contributed by atoms with Crippen molar-refractivity contribution in [1.29, 1.82) is 0 Å². The average Bonchev–Trinajstić information content (AvgIpc) is 2.26. The third kappa shape index (κ3) is 4.72. The van der Waals surface area contributed by atoms with Gasteiger partial charge in [-0.05, 0) is 24.6 Å². The minimum atomic E-state index is -3.33. The standard InChI is InChI=1S/C11H17N3O3S/c1-3-10(12)11(15)13-8-5-4-6-9(7-8)14-18(2,16)17/h4-7,10,14H,3,12H2,1-2H3,(H,13,15)/t10-/m0/s1. The molecule has 0 unspecified atom stereocenters. The fraction of sp³-hybridized carbons (Fsp3) is 0.364. The highest BCUT2D eigenvalue weighted by molar-refractivity contribution is 7.92. The summed E-state index contributed by atoms with van der Waals surface area (Å²) in [4.78, 5) is 11.6. The van der Waals surface area contributed by atoms with Gasteiger partial charge in [-0.2, -0.15) is 0 Å². The number of carbonyl (C=O) groups is 1. The lowest BCUT2D eigenvalue weighted by Crippen LogP contribution is -2.34. The van der Waals surface area contributed by atoms with E-state index in [9.17, 15) is 13.2 Å². The highest BCUT2D eigenvalue weighted by Gasteiger charge is 2.11. The lowest BCUT2D eigenvalue weighted by molar-refractivity contribution is -0.117. The Kier molecular flexibility index (Phi) is 4.69. The van der Waals surface area contributed by atoms with Crippen molar-refractivity contribution in [2.24, 2.45) is 5.73 Å². The van der Waals surface area contributed by atoms with Gasteiger partial charge in [-0.15, -0.1) is 0 Å². The number of nitrogens with one attached hydrogen (secondary N) is 2. The maximum Gasteiger partial charge on any atom is 0.241 e. The zero-order valence-electron chi connectivity index (χ0n) is 10.3. The zero-order chi connectivity index (χ0) is 13.8. The van der Waals surface area contributed by atoms with E-state index in [0.717, 1.165) is 6.26 Å². The Balaban J connectivity index is 2.80. The Morgan fingerprint density at radius 2 is 2.00 bits per heavy atom. The van der Waals surface area contributed by atoms with Gasteiger partial charge in [-0.3, -0.25) is 9.52 Å². The van der Waals surface area contributed by atoms with Crippen molar-refractivity contribution in [3.63, 3.8) is 0 Å². The quantitative estimate of drug-likeness (QED) is 0.735. The molecule has 1 amide bonds. The minimum Gasteiger partial charge on any atom is -0.325 e. The normalized spacial score (nSPS) is 12.8. The largest absolute Gasteiger partial charge is 0.325 e. The summed E-state index contributed by atoms with van der Waals surface area (Å²) in [5, 5.41) is 2.62. The van der Waals surface area contributed by atoms with Gasteiger partial charge < -0.3 is 11.1 Å². The SMILES string of the molecule is CC[C@H](N)C(=O)Nc1cccc(NS(C)(=O)=O)c1. The summed E-state index contributed by atoms with van der Waals surface area (Å²) in [6, 6.07) is 5.85. The van der Waals surface area contributed by atoms with Crippen LogP contribution < -0.4 is 15.8 Å². The van der Waals surface area contributed by atoms with Crippen LogP contribution in [0.4, 0.5) is 11.4 Å². The predicted octanol–water partition coefficient (Wildman–Crippen LogP) is 0.734. The number of nitrogens with two attached hydrogens (primary N) is 1. The van der Waals surface area contributed by atoms with Crippen LogP contribution in [0.1, 0.15) is 13.3 Å². The molecule has 18 heavy (non-hydrogen) atoms. The Labute approximate surface area is 107 Å². The minimum absolute atomic E-state index is 0.297. The van der Waals surface area contributed by atoms with Crippen molar-refractivity contribution in [2.75, 3.05) is 16.3 Å². The average molecular weight is 271 g/mol. The summed E-state index contributed by atoms with van der Waals surface area (Å²) in [6.45, 7) is 1.81. The van der Waals surface area contributed by atoms with E-state index >= 15 is 0 Å². The molecule has 0 aliphatic heterocycles. The molecule has 0 spiro atoms. The summed E-state index contributed by atoms with van der Waals surface area (Å²) >= 11 is 0. The number of sulfonamides is 1. The van der Waals surface area contributed by atoms with Crippen LogP contribution >= 0.6 is 0 Å². The molecule has 1 rings (SSSR count). The highest BCUT2D eigenvalue weighted by atomic mass is 32.2. The fourth-order valence-corrected chi connectivity index (χ4v) is 1.85. The molecule has 0 aliphatic carbocycles. The summed E-state index contributed by atoms with van der Waals surface area (Å²) in [7, 11) is -3.33. The molecular formula is C11H17N3O3S. The monoisotopic (exact) mass is 271 g/mol. The second-order valence-electron chi connectivity index (χ2n) is 3.96. The second kappa shape index (κ2) is 5.83. The van der Waals surface area contributed by atoms with E-state index in [0.29, 0.717) is 17.8 Å². The van der Waals surface area contributed by atoms with E-state index in [4.69, 9.17) is 5.73 Å². The summed E-state index contributed by atoms with van der Waals surface area (Å²) in [6.07, 6.45) is 1.60. The molecule has 0 bridgehead atoms. The van der Waals surface area contributed by atoms with Crippen LogP contribution in [-0.4, -0.2) is 26.6 Å². The van der Waals surface area contributed by atoms with Gasteiger partial charge in [0.1, 0.15) is 0 Å². The van der Waals surface area contributed by atoms with Crippen LogP contribution in [0.3, 0.4) is 0 Å². The number of benzene rings is 1. The van der Waals surface area contributed by atoms with Crippen LogP contribution in [0.2, 0.25) is 0 Å².